The van der Waals surface area contributed by atoms with E-state index in [9.17, 15) is 0 Å². The van der Waals surface area contributed by atoms with Crippen molar-refractivity contribution in [1.29, 1.82) is 0 Å². The van der Waals surface area contributed by atoms with E-state index in [-0.39, 0.29) is 0 Å². The number of aromatic nitrogens is 1. The maximum absolute atomic E-state index is 6.12. The summed E-state index contributed by atoms with van der Waals surface area (Å²) in [6, 6.07) is 24.0. The Balaban J connectivity index is 1.68. The number of H-pyrrole nitrogens is 1. The number of hydrogen-bond donors (Lipinski definition) is 1. The molecule has 0 fully saturated rings. The molecule has 0 aliphatic rings. The van der Waals surface area contributed by atoms with Gasteiger partial charge in [0.2, 0.25) is 0 Å². The number of terminal acetylenes is 1. The molecule has 0 bridgehead atoms. The van der Waals surface area contributed by atoms with Gasteiger partial charge < -0.3 is 14.5 Å². The normalized spacial score (nSPS) is 10.5. The Hall–Kier alpha value is -3.64. The third kappa shape index (κ3) is 3.65. The number of benzene rings is 3. The third-order valence-electron chi connectivity index (χ3n) is 4.37. The van der Waals surface area contributed by atoms with Gasteiger partial charge in [0.25, 0.3) is 0 Å². The van der Waals surface area contributed by atoms with E-state index < -0.39 is 0 Å². The highest BCUT2D eigenvalue weighted by Crippen LogP contribution is 2.37. The van der Waals surface area contributed by atoms with Gasteiger partial charge in [-0.3, -0.25) is 0 Å². The number of rotatable bonds is 6. The van der Waals surface area contributed by atoms with Gasteiger partial charge in [0.15, 0.2) is 11.5 Å². The van der Waals surface area contributed by atoms with Gasteiger partial charge in [-0.1, -0.05) is 66.6 Å². The Morgan fingerprint density at radius 2 is 1.44 bits per heavy atom. The van der Waals surface area contributed by atoms with E-state index in [1.807, 2.05) is 79.0 Å². The van der Waals surface area contributed by atoms with Crippen molar-refractivity contribution in [2.45, 2.75) is 13.2 Å². The maximum Gasteiger partial charge on any atom is 0.179 e. The van der Waals surface area contributed by atoms with Crippen molar-refractivity contribution in [3.8, 4) is 23.8 Å². The fourth-order valence-corrected chi connectivity index (χ4v) is 3.02. The second-order valence-electron chi connectivity index (χ2n) is 6.21. The Kier molecular flexibility index (Phi) is 4.80. The number of aromatic amines is 1. The molecule has 1 aromatic heterocycles. The number of ether oxygens (including phenoxy) is 2. The van der Waals surface area contributed by atoms with E-state index in [4.69, 9.17) is 15.9 Å². The summed E-state index contributed by atoms with van der Waals surface area (Å²) >= 11 is 0. The van der Waals surface area contributed by atoms with Crippen LogP contribution in [-0.4, -0.2) is 4.98 Å². The zero-order valence-corrected chi connectivity index (χ0v) is 14.8. The summed E-state index contributed by atoms with van der Waals surface area (Å²) in [5, 5.41) is 0.998. The van der Waals surface area contributed by atoms with E-state index in [1.54, 1.807) is 0 Å². The quantitative estimate of drug-likeness (QED) is 0.477. The van der Waals surface area contributed by atoms with Crippen molar-refractivity contribution < 1.29 is 9.47 Å². The highest BCUT2D eigenvalue weighted by molar-refractivity contribution is 5.90. The SMILES string of the molecule is C#Cc1c(OCc2ccccc2)c(OCc2ccccc2)cc2cc[nH]c12. The van der Waals surface area contributed by atoms with Crippen LogP contribution in [0.15, 0.2) is 79.0 Å². The number of nitrogens with one attached hydrogen (secondary N) is 1. The summed E-state index contributed by atoms with van der Waals surface area (Å²) < 4.78 is 12.2. The average molecular weight is 353 g/mol. The average Bonchev–Trinajstić information content (AvgIpc) is 3.19. The molecule has 0 aliphatic carbocycles. The van der Waals surface area contributed by atoms with Gasteiger partial charge in [-0.25, -0.2) is 0 Å². The van der Waals surface area contributed by atoms with E-state index in [2.05, 4.69) is 10.9 Å². The molecule has 3 heteroatoms. The van der Waals surface area contributed by atoms with Crippen LogP contribution in [0.2, 0.25) is 0 Å². The molecule has 132 valence electrons. The van der Waals surface area contributed by atoms with Gasteiger partial charge in [0.05, 0.1) is 11.1 Å². The fourth-order valence-electron chi connectivity index (χ4n) is 3.02. The van der Waals surface area contributed by atoms with Gasteiger partial charge in [0.1, 0.15) is 13.2 Å². The van der Waals surface area contributed by atoms with Crippen LogP contribution in [0.25, 0.3) is 10.9 Å². The fraction of sp³-hybridized carbons (Fsp3) is 0.0833. The smallest absolute Gasteiger partial charge is 0.179 e. The molecular weight excluding hydrogens is 334 g/mol. The molecule has 3 nitrogen and oxygen atoms in total. The molecule has 0 saturated carbocycles. The molecule has 0 aliphatic heterocycles. The van der Waals surface area contributed by atoms with Crippen LogP contribution in [0.5, 0.6) is 11.5 Å². The van der Waals surface area contributed by atoms with Crippen molar-refractivity contribution in [3.63, 3.8) is 0 Å². The number of fused-ring (bicyclic) bond motifs is 1. The van der Waals surface area contributed by atoms with Gasteiger partial charge in [0, 0.05) is 11.6 Å². The molecular formula is C24H19NO2. The van der Waals surface area contributed by atoms with Crippen LogP contribution in [0.1, 0.15) is 16.7 Å². The van der Waals surface area contributed by atoms with Gasteiger partial charge in [-0.15, -0.1) is 6.42 Å². The zero-order chi connectivity index (χ0) is 18.5. The van der Waals surface area contributed by atoms with Crippen LogP contribution in [0.3, 0.4) is 0 Å². The lowest BCUT2D eigenvalue weighted by atomic mass is 10.1. The molecule has 1 N–H and O–H groups in total. The summed E-state index contributed by atoms with van der Waals surface area (Å²) in [5.41, 5.74) is 3.72. The monoisotopic (exact) mass is 353 g/mol. The minimum absolute atomic E-state index is 0.420. The summed E-state index contributed by atoms with van der Waals surface area (Å²) in [6.45, 7) is 0.867. The molecule has 1 heterocycles. The lowest BCUT2D eigenvalue weighted by molar-refractivity contribution is 0.256. The summed E-state index contributed by atoms with van der Waals surface area (Å²) in [6.07, 6.45) is 7.68. The van der Waals surface area contributed by atoms with E-state index in [0.29, 0.717) is 30.3 Å². The van der Waals surface area contributed by atoms with Crippen LogP contribution in [0.4, 0.5) is 0 Å². The Morgan fingerprint density at radius 3 is 2.07 bits per heavy atom. The molecule has 0 spiro atoms. The summed E-state index contributed by atoms with van der Waals surface area (Å²) in [7, 11) is 0. The Labute approximate surface area is 158 Å². The van der Waals surface area contributed by atoms with Gasteiger partial charge in [-0.2, -0.15) is 0 Å². The molecule has 4 aromatic rings. The van der Waals surface area contributed by atoms with Gasteiger partial charge >= 0.3 is 0 Å². The van der Waals surface area contributed by atoms with Crippen LogP contribution >= 0.6 is 0 Å². The topological polar surface area (TPSA) is 34.2 Å². The first-order valence-electron chi connectivity index (χ1n) is 8.79. The second-order valence-corrected chi connectivity index (χ2v) is 6.21. The molecule has 0 unspecified atom stereocenters. The van der Waals surface area contributed by atoms with E-state index >= 15 is 0 Å². The molecule has 0 amide bonds. The Morgan fingerprint density at radius 1 is 0.815 bits per heavy atom. The van der Waals surface area contributed by atoms with E-state index in [0.717, 1.165) is 22.0 Å². The number of hydrogen-bond acceptors (Lipinski definition) is 2. The predicted octanol–water partition coefficient (Wildman–Crippen LogP) is 5.31. The molecule has 3 aromatic carbocycles. The summed E-state index contributed by atoms with van der Waals surface area (Å²) in [4.78, 5) is 3.20. The standard InChI is InChI=1S/C24H19NO2/c1-2-21-23-20(13-14-25-23)15-22(26-16-18-9-5-3-6-10-18)24(21)27-17-19-11-7-4-8-12-19/h1,3-15,25H,16-17H2. The first-order valence-corrected chi connectivity index (χ1v) is 8.79. The summed E-state index contributed by atoms with van der Waals surface area (Å²) in [5.74, 6) is 4.00. The zero-order valence-electron chi connectivity index (χ0n) is 14.8. The van der Waals surface area contributed by atoms with Crippen molar-refractivity contribution in [2.75, 3.05) is 0 Å². The molecule has 0 atom stereocenters. The molecule has 27 heavy (non-hydrogen) atoms. The largest absolute Gasteiger partial charge is 0.485 e. The predicted molar refractivity (Wildman–Crippen MR) is 108 cm³/mol. The Bertz CT molecular complexity index is 1080. The minimum Gasteiger partial charge on any atom is -0.485 e. The first-order chi connectivity index (χ1) is 13.3. The van der Waals surface area contributed by atoms with Crippen molar-refractivity contribution in [1.82, 2.24) is 4.98 Å². The van der Waals surface area contributed by atoms with Gasteiger partial charge in [-0.05, 0) is 23.3 Å². The third-order valence-corrected chi connectivity index (χ3v) is 4.37. The highest BCUT2D eigenvalue weighted by atomic mass is 16.5. The highest BCUT2D eigenvalue weighted by Gasteiger charge is 2.16. The van der Waals surface area contributed by atoms with Crippen molar-refractivity contribution in [2.24, 2.45) is 0 Å². The molecule has 0 radical (unpaired) electrons. The second kappa shape index (κ2) is 7.72. The van der Waals surface area contributed by atoms with Crippen molar-refractivity contribution >= 4 is 10.9 Å². The molecule has 4 rings (SSSR count). The maximum atomic E-state index is 6.12. The van der Waals surface area contributed by atoms with Crippen LogP contribution < -0.4 is 9.47 Å². The first kappa shape index (κ1) is 16.8. The van der Waals surface area contributed by atoms with Crippen LogP contribution in [0, 0.1) is 12.3 Å². The van der Waals surface area contributed by atoms with Crippen molar-refractivity contribution in [3.05, 3.63) is 95.7 Å². The minimum atomic E-state index is 0.420. The van der Waals surface area contributed by atoms with E-state index in [1.165, 1.54) is 0 Å². The lowest BCUT2D eigenvalue weighted by Crippen LogP contribution is -2.03. The molecule has 0 saturated heterocycles. The lowest BCUT2D eigenvalue weighted by Gasteiger charge is -2.16. The van der Waals surface area contributed by atoms with Crippen LogP contribution in [-0.2, 0) is 13.2 Å².